The van der Waals surface area contributed by atoms with Crippen LogP contribution in [0.2, 0.25) is 0 Å². The van der Waals surface area contributed by atoms with Gasteiger partial charge in [0.1, 0.15) is 6.04 Å². The Hall–Kier alpha value is -2.75. The number of fused-ring (bicyclic) bond motifs is 4. The van der Waals surface area contributed by atoms with Crippen molar-refractivity contribution in [2.75, 3.05) is 19.6 Å². The van der Waals surface area contributed by atoms with Gasteiger partial charge in [0.25, 0.3) is 5.91 Å². The Bertz CT molecular complexity index is 971. The molecule has 4 amide bonds. The van der Waals surface area contributed by atoms with Crippen LogP contribution in [0.3, 0.4) is 0 Å². The van der Waals surface area contributed by atoms with Crippen LogP contribution in [0, 0.1) is 5.92 Å². The molecule has 29 heavy (non-hydrogen) atoms. The van der Waals surface area contributed by atoms with Gasteiger partial charge in [-0.1, -0.05) is 0 Å². The van der Waals surface area contributed by atoms with Gasteiger partial charge >= 0.3 is 16.4 Å². The second-order valence-electron chi connectivity index (χ2n) is 6.96. The van der Waals surface area contributed by atoms with Gasteiger partial charge in [-0.15, -0.1) is 4.28 Å². The third-order valence-corrected chi connectivity index (χ3v) is 5.54. The van der Waals surface area contributed by atoms with Crippen molar-refractivity contribution in [3.63, 3.8) is 0 Å². The fourth-order valence-corrected chi connectivity index (χ4v) is 4.24. The summed E-state index contributed by atoms with van der Waals surface area (Å²) in [6, 6.07) is -2.98. The van der Waals surface area contributed by atoms with Crippen LogP contribution in [0.4, 0.5) is 4.79 Å². The van der Waals surface area contributed by atoms with Crippen molar-refractivity contribution >= 4 is 28.2 Å². The van der Waals surface area contributed by atoms with Crippen LogP contribution in [0.25, 0.3) is 0 Å². The van der Waals surface area contributed by atoms with Gasteiger partial charge in [0.2, 0.25) is 5.91 Å². The summed E-state index contributed by atoms with van der Waals surface area (Å²) < 4.78 is 37.0. The zero-order valence-electron chi connectivity index (χ0n) is 15.2. The Balaban J connectivity index is 1.57. The van der Waals surface area contributed by atoms with Crippen molar-refractivity contribution < 1.29 is 31.6 Å². The van der Waals surface area contributed by atoms with E-state index in [4.69, 9.17) is 4.55 Å². The van der Waals surface area contributed by atoms with E-state index < -0.39 is 34.4 Å². The molecule has 3 atom stereocenters. The molecule has 3 aliphatic rings. The molecule has 0 aliphatic carbocycles. The standard InChI is InChI=1S/C14H19N7O7S/c1-19-10-8(5-16-19)9-6-20(14(24)21(9)28-29(25,26)27)11(10)13(23)18-17-12(22)7-2-3-15-4-7/h5,7,9,11,15H,2-4,6H2,1H3,(H,17,22)(H,18,23)(H,25,26,27)/t7-,9+,11+/m1/s1. The van der Waals surface area contributed by atoms with Gasteiger partial charge in [-0.2, -0.15) is 18.6 Å². The molecule has 2 fully saturated rings. The maximum Gasteiger partial charge on any atom is 0.418 e. The highest BCUT2D eigenvalue weighted by Crippen LogP contribution is 2.43. The number of hydrazine groups is 1. The molecule has 15 heteroatoms. The Kier molecular flexibility index (Phi) is 4.68. The van der Waals surface area contributed by atoms with E-state index in [0.29, 0.717) is 35.8 Å². The minimum atomic E-state index is -4.96. The molecule has 1 aromatic heterocycles. The normalized spacial score (nSPS) is 25.9. The molecule has 2 saturated heterocycles. The number of carbonyl (C=O) groups excluding carboxylic acids is 3. The van der Waals surface area contributed by atoms with Gasteiger partial charge in [-0.05, 0) is 13.0 Å². The van der Waals surface area contributed by atoms with Crippen molar-refractivity contribution in [2.45, 2.75) is 18.5 Å². The predicted molar refractivity (Wildman–Crippen MR) is 92.5 cm³/mol. The monoisotopic (exact) mass is 429 g/mol. The molecule has 2 bridgehead atoms. The molecule has 0 aromatic carbocycles. The number of aryl methyl sites for hydroxylation is 1. The number of nitrogens with one attached hydrogen (secondary N) is 3. The fourth-order valence-electron chi connectivity index (χ4n) is 3.87. The zero-order chi connectivity index (χ0) is 20.9. The van der Waals surface area contributed by atoms with Crippen molar-refractivity contribution in [1.29, 1.82) is 0 Å². The average molecular weight is 429 g/mol. The Labute approximate surface area is 165 Å². The lowest BCUT2D eigenvalue weighted by Gasteiger charge is -2.30. The fraction of sp³-hybridized carbons (Fsp3) is 0.571. The largest absolute Gasteiger partial charge is 0.418 e. The second-order valence-corrected chi connectivity index (χ2v) is 7.96. The topological polar surface area (TPSA) is 175 Å². The van der Waals surface area contributed by atoms with Crippen molar-refractivity contribution in [2.24, 2.45) is 13.0 Å². The summed E-state index contributed by atoms with van der Waals surface area (Å²) in [4.78, 5) is 38.7. The first-order valence-corrected chi connectivity index (χ1v) is 10.1. The first-order chi connectivity index (χ1) is 13.7. The van der Waals surface area contributed by atoms with Crippen molar-refractivity contribution in [1.82, 2.24) is 35.9 Å². The highest BCUT2D eigenvalue weighted by atomic mass is 32.3. The summed E-state index contributed by atoms with van der Waals surface area (Å²) in [5.74, 6) is -1.33. The number of urea groups is 1. The highest BCUT2D eigenvalue weighted by molar-refractivity contribution is 7.80. The van der Waals surface area contributed by atoms with Gasteiger partial charge < -0.3 is 10.2 Å². The van der Waals surface area contributed by atoms with Crippen molar-refractivity contribution in [3.05, 3.63) is 17.5 Å². The SMILES string of the molecule is Cn1ncc2c1[C@@H](C(=O)NNC(=O)[C@@H]1CCNC1)N1C[C@@H]2N(OS(=O)(=O)O)C1=O. The number of hydrogen-bond donors (Lipinski definition) is 4. The summed E-state index contributed by atoms with van der Waals surface area (Å²) in [6.45, 7) is 1.15. The first kappa shape index (κ1) is 19.6. The minimum absolute atomic E-state index is 0.0639. The molecule has 4 rings (SSSR count). The number of aromatic nitrogens is 2. The van der Waals surface area contributed by atoms with E-state index in [9.17, 15) is 22.8 Å². The van der Waals surface area contributed by atoms with E-state index in [2.05, 4.69) is 25.6 Å². The third-order valence-electron chi connectivity index (χ3n) is 5.19. The maximum absolute atomic E-state index is 12.9. The summed E-state index contributed by atoms with van der Waals surface area (Å²) in [5, 5.41) is 7.61. The van der Waals surface area contributed by atoms with E-state index >= 15 is 0 Å². The average Bonchev–Trinajstić information content (AvgIpc) is 3.36. The van der Waals surface area contributed by atoms with Gasteiger partial charge in [0.15, 0.2) is 6.04 Å². The number of hydrogen-bond acceptors (Lipinski definition) is 8. The molecule has 3 aliphatic heterocycles. The molecule has 0 unspecified atom stereocenters. The lowest BCUT2D eigenvalue weighted by molar-refractivity contribution is -0.133. The summed E-state index contributed by atoms with van der Waals surface area (Å²) in [6.07, 6.45) is 2.03. The molecule has 4 N–H and O–H groups in total. The summed E-state index contributed by atoms with van der Waals surface area (Å²) >= 11 is 0. The molecule has 0 radical (unpaired) electrons. The van der Waals surface area contributed by atoms with Crippen LogP contribution in [-0.4, -0.2) is 70.2 Å². The number of carbonyl (C=O) groups is 3. The van der Waals surface area contributed by atoms with E-state index in [1.165, 1.54) is 10.9 Å². The van der Waals surface area contributed by atoms with E-state index in [1.54, 1.807) is 7.05 Å². The van der Waals surface area contributed by atoms with Crippen molar-refractivity contribution in [3.8, 4) is 0 Å². The number of nitrogens with zero attached hydrogens (tertiary/aromatic N) is 4. The Morgan fingerprint density at radius 3 is 2.72 bits per heavy atom. The van der Waals surface area contributed by atoms with Gasteiger partial charge in [0.05, 0.1) is 24.4 Å². The Morgan fingerprint density at radius 2 is 2.07 bits per heavy atom. The molecule has 14 nitrogen and oxygen atoms in total. The quantitative estimate of drug-likeness (QED) is 0.304. The Morgan fingerprint density at radius 1 is 1.34 bits per heavy atom. The van der Waals surface area contributed by atoms with Gasteiger partial charge in [-0.3, -0.25) is 29.7 Å². The van der Waals surface area contributed by atoms with Crippen LogP contribution < -0.4 is 16.2 Å². The molecular weight excluding hydrogens is 410 g/mol. The number of hydroxylamine groups is 2. The molecule has 4 heterocycles. The van der Waals surface area contributed by atoms with Crippen LogP contribution in [0.1, 0.15) is 29.8 Å². The number of rotatable bonds is 4. The van der Waals surface area contributed by atoms with Gasteiger partial charge in [0, 0.05) is 19.2 Å². The lowest BCUT2D eigenvalue weighted by atomic mass is 9.97. The highest BCUT2D eigenvalue weighted by Gasteiger charge is 2.53. The molecular formula is C14H19N7O7S. The molecule has 1 aromatic rings. The van der Waals surface area contributed by atoms with E-state index in [0.717, 1.165) is 4.90 Å². The van der Waals surface area contributed by atoms with Crippen LogP contribution in [0.5, 0.6) is 0 Å². The lowest BCUT2D eigenvalue weighted by Crippen LogP contribution is -2.51. The molecule has 0 saturated carbocycles. The predicted octanol–water partition coefficient (Wildman–Crippen LogP) is -2.26. The first-order valence-electron chi connectivity index (χ1n) is 8.76. The summed E-state index contributed by atoms with van der Waals surface area (Å²) in [7, 11) is -3.39. The molecule has 158 valence electrons. The maximum atomic E-state index is 12.9. The molecule has 0 spiro atoms. The minimum Gasteiger partial charge on any atom is -0.316 e. The van der Waals surface area contributed by atoms with Crippen LogP contribution in [-0.2, 0) is 31.3 Å². The number of amides is 4. The second kappa shape index (κ2) is 6.94. The van der Waals surface area contributed by atoms with Gasteiger partial charge in [-0.25, -0.2) is 4.79 Å². The van der Waals surface area contributed by atoms with E-state index in [-0.39, 0.29) is 18.4 Å². The van der Waals surface area contributed by atoms with Crippen LogP contribution in [0.15, 0.2) is 6.20 Å². The zero-order valence-corrected chi connectivity index (χ0v) is 16.0. The van der Waals surface area contributed by atoms with Crippen LogP contribution >= 0.6 is 0 Å². The smallest absolute Gasteiger partial charge is 0.316 e. The summed E-state index contributed by atoms with van der Waals surface area (Å²) in [5.41, 5.74) is 5.42. The van der Waals surface area contributed by atoms with E-state index in [1.807, 2.05) is 0 Å². The third kappa shape index (κ3) is 3.41.